The Kier molecular flexibility index (Phi) is 3.16. The van der Waals surface area contributed by atoms with E-state index in [1.54, 1.807) is 6.07 Å². The van der Waals surface area contributed by atoms with Gasteiger partial charge in [-0.2, -0.15) is 0 Å². The number of rotatable bonds is 2. The Morgan fingerprint density at radius 1 is 1.14 bits per heavy atom. The molecule has 4 heteroatoms. The molecule has 0 saturated carbocycles. The summed E-state index contributed by atoms with van der Waals surface area (Å²) in [4.78, 5) is 4.66. The Morgan fingerprint density at radius 3 is 2.57 bits per heavy atom. The molecule has 0 atom stereocenters. The fraction of sp³-hybridized carbons (Fsp3) is 0.235. The van der Waals surface area contributed by atoms with Gasteiger partial charge in [0.1, 0.15) is 11.6 Å². The van der Waals surface area contributed by atoms with Gasteiger partial charge in [0.25, 0.3) is 0 Å². The lowest BCUT2D eigenvalue weighted by Gasteiger charge is -2.14. The van der Waals surface area contributed by atoms with Crippen LogP contribution in [0.1, 0.15) is 25.5 Å². The zero-order valence-electron chi connectivity index (χ0n) is 12.4. The zero-order valence-corrected chi connectivity index (χ0v) is 12.4. The van der Waals surface area contributed by atoms with Crippen LogP contribution >= 0.6 is 0 Å². The van der Waals surface area contributed by atoms with E-state index in [0.29, 0.717) is 0 Å². The highest BCUT2D eigenvalue weighted by Gasteiger charge is 2.16. The molecular weight excluding hydrogens is 265 g/mol. The molecule has 0 aliphatic heterocycles. The number of benzene rings is 2. The molecule has 3 rings (SSSR count). The molecule has 0 aliphatic carbocycles. The molecule has 0 spiro atoms. The van der Waals surface area contributed by atoms with Crippen LogP contribution in [0, 0.1) is 12.7 Å². The van der Waals surface area contributed by atoms with Gasteiger partial charge in [-0.25, -0.2) is 9.37 Å². The third-order valence-electron chi connectivity index (χ3n) is 3.71. The number of hydrogen-bond acceptors (Lipinski definition) is 2. The number of nitrogen functional groups attached to an aromatic ring is 1. The first-order chi connectivity index (χ1) is 9.97. The standard InChI is InChI=1S/C17H18FN3/c1-10(2)21-16-9-13(18)6-7-15(16)20-17(21)12-5-4-11(3)14(19)8-12/h4-10H,19H2,1-3H3. The van der Waals surface area contributed by atoms with Gasteiger partial charge >= 0.3 is 0 Å². The average Bonchev–Trinajstić information content (AvgIpc) is 2.80. The van der Waals surface area contributed by atoms with Crippen LogP contribution in [0.2, 0.25) is 0 Å². The minimum atomic E-state index is -0.251. The van der Waals surface area contributed by atoms with Gasteiger partial charge in [0.2, 0.25) is 0 Å². The van der Waals surface area contributed by atoms with E-state index >= 15 is 0 Å². The number of hydrogen-bond donors (Lipinski definition) is 1. The van der Waals surface area contributed by atoms with E-state index in [1.807, 2.05) is 29.7 Å². The van der Waals surface area contributed by atoms with Gasteiger partial charge in [0.05, 0.1) is 11.0 Å². The number of nitrogens with two attached hydrogens (primary N) is 1. The molecule has 0 amide bonds. The summed E-state index contributed by atoms with van der Waals surface area (Å²) in [7, 11) is 0. The van der Waals surface area contributed by atoms with Crippen molar-refractivity contribution in [1.82, 2.24) is 9.55 Å². The molecule has 3 nitrogen and oxygen atoms in total. The van der Waals surface area contributed by atoms with Crippen LogP contribution < -0.4 is 5.73 Å². The Labute approximate surface area is 123 Å². The third kappa shape index (κ3) is 2.27. The zero-order chi connectivity index (χ0) is 15.1. The summed E-state index contributed by atoms with van der Waals surface area (Å²) in [5.74, 6) is 0.566. The summed E-state index contributed by atoms with van der Waals surface area (Å²) < 4.78 is 15.6. The van der Waals surface area contributed by atoms with Crippen LogP contribution in [-0.4, -0.2) is 9.55 Å². The van der Waals surface area contributed by atoms with Gasteiger partial charge in [-0.3, -0.25) is 0 Å². The van der Waals surface area contributed by atoms with Gasteiger partial charge in [-0.1, -0.05) is 12.1 Å². The Balaban J connectivity index is 2.30. The summed E-state index contributed by atoms with van der Waals surface area (Å²) >= 11 is 0. The SMILES string of the molecule is Cc1ccc(-c2nc3ccc(F)cc3n2C(C)C)cc1N. The minimum Gasteiger partial charge on any atom is -0.398 e. The molecule has 0 bridgehead atoms. The Hall–Kier alpha value is -2.36. The highest BCUT2D eigenvalue weighted by molar-refractivity contribution is 5.81. The van der Waals surface area contributed by atoms with Crippen molar-refractivity contribution in [3.63, 3.8) is 0 Å². The molecule has 1 heterocycles. The van der Waals surface area contributed by atoms with Crippen LogP contribution in [0.25, 0.3) is 22.4 Å². The van der Waals surface area contributed by atoms with Crippen molar-refractivity contribution >= 4 is 16.7 Å². The molecular formula is C17H18FN3. The van der Waals surface area contributed by atoms with Crippen LogP contribution in [0.3, 0.4) is 0 Å². The van der Waals surface area contributed by atoms with E-state index in [2.05, 4.69) is 18.8 Å². The number of aryl methyl sites for hydroxylation is 1. The number of halogens is 1. The van der Waals surface area contributed by atoms with Gasteiger partial charge in [-0.15, -0.1) is 0 Å². The van der Waals surface area contributed by atoms with Gasteiger partial charge in [0, 0.05) is 17.3 Å². The Bertz CT molecular complexity index is 818. The molecule has 0 aliphatic rings. The molecule has 2 aromatic carbocycles. The first-order valence-electron chi connectivity index (χ1n) is 7.01. The quantitative estimate of drug-likeness (QED) is 0.712. The largest absolute Gasteiger partial charge is 0.398 e. The third-order valence-corrected chi connectivity index (χ3v) is 3.71. The van der Waals surface area contributed by atoms with Crippen molar-refractivity contribution in [2.45, 2.75) is 26.8 Å². The second kappa shape index (κ2) is 4.88. The van der Waals surface area contributed by atoms with E-state index < -0.39 is 0 Å². The maximum Gasteiger partial charge on any atom is 0.141 e. The fourth-order valence-corrected chi connectivity index (χ4v) is 2.57. The van der Waals surface area contributed by atoms with Crippen molar-refractivity contribution in [1.29, 1.82) is 0 Å². The van der Waals surface area contributed by atoms with Gasteiger partial charge in [-0.05, 0) is 50.6 Å². The predicted molar refractivity (Wildman–Crippen MR) is 84.7 cm³/mol. The van der Waals surface area contributed by atoms with Crippen molar-refractivity contribution in [2.75, 3.05) is 5.73 Å². The number of imidazole rings is 1. The summed E-state index contributed by atoms with van der Waals surface area (Å²) in [5, 5.41) is 0. The topological polar surface area (TPSA) is 43.8 Å². The van der Waals surface area contributed by atoms with Crippen molar-refractivity contribution < 1.29 is 4.39 Å². The van der Waals surface area contributed by atoms with E-state index in [9.17, 15) is 4.39 Å². The number of fused-ring (bicyclic) bond motifs is 1. The lowest BCUT2D eigenvalue weighted by atomic mass is 10.1. The molecule has 0 saturated heterocycles. The molecule has 0 radical (unpaired) electrons. The number of nitrogens with zero attached hydrogens (tertiary/aromatic N) is 2. The first kappa shape index (κ1) is 13.6. The van der Waals surface area contributed by atoms with Crippen LogP contribution in [-0.2, 0) is 0 Å². The van der Waals surface area contributed by atoms with E-state index in [0.717, 1.165) is 33.7 Å². The first-order valence-corrected chi connectivity index (χ1v) is 7.01. The summed E-state index contributed by atoms with van der Waals surface area (Å²) in [6, 6.07) is 10.8. The highest BCUT2D eigenvalue weighted by atomic mass is 19.1. The predicted octanol–water partition coefficient (Wildman–Crippen LogP) is 4.31. The molecule has 0 fully saturated rings. The molecule has 3 aromatic rings. The maximum absolute atomic E-state index is 13.5. The number of aromatic nitrogens is 2. The van der Waals surface area contributed by atoms with Crippen LogP contribution in [0.5, 0.6) is 0 Å². The average molecular weight is 283 g/mol. The lowest BCUT2D eigenvalue weighted by molar-refractivity contribution is 0.613. The molecule has 1 aromatic heterocycles. The molecule has 108 valence electrons. The van der Waals surface area contributed by atoms with Gasteiger partial charge < -0.3 is 10.3 Å². The maximum atomic E-state index is 13.5. The lowest BCUT2D eigenvalue weighted by Crippen LogP contribution is -2.03. The van der Waals surface area contributed by atoms with E-state index in [1.165, 1.54) is 12.1 Å². The van der Waals surface area contributed by atoms with Crippen LogP contribution in [0.15, 0.2) is 36.4 Å². The molecule has 21 heavy (non-hydrogen) atoms. The summed E-state index contributed by atoms with van der Waals surface area (Å²) in [6.45, 7) is 6.10. The number of anilines is 1. The van der Waals surface area contributed by atoms with Crippen LogP contribution in [0.4, 0.5) is 10.1 Å². The summed E-state index contributed by atoms with van der Waals surface area (Å²) in [6.07, 6.45) is 0. The summed E-state index contributed by atoms with van der Waals surface area (Å²) in [5.41, 5.74) is 10.3. The van der Waals surface area contributed by atoms with E-state index in [-0.39, 0.29) is 11.9 Å². The van der Waals surface area contributed by atoms with Crippen molar-refractivity contribution in [3.05, 3.63) is 47.8 Å². The second-order valence-electron chi connectivity index (χ2n) is 5.60. The molecule has 2 N–H and O–H groups in total. The monoisotopic (exact) mass is 283 g/mol. The van der Waals surface area contributed by atoms with Crippen molar-refractivity contribution in [3.8, 4) is 11.4 Å². The van der Waals surface area contributed by atoms with E-state index in [4.69, 9.17) is 5.73 Å². The fourth-order valence-electron chi connectivity index (χ4n) is 2.57. The smallest absolute Gasteiger partial charge is 0.141 e. The minimum absolute atomic E-state index is 0.175. The second-order valence-corrected chi connectivity index (χ2v) is 5.60. The Morgan fingerprint density at radius 2 is 1.90 bits per heavy atom. The highest BCUT2D eigenvalue weighted by Crippen LogP contribution is 2.30. The van der Waals surface area contributed by atoms with Crippen molar-refractivity contribution in [2.24, 2.45) is 0 Å². The van der Waals surface area contributed by atoms with Gasteiger partial charge in [0.15, 0.2) is 0 Å². The normalized spacial score (nSPS) is 11.5. The molecule has 0 unspecified atom stereocenters.